The minimum Gasteiger partial charge on any atom is -0.493 e. The number of rotatable bonds is 6. The Bertz CT molecular complexity index is 801. The number of thiophene rings is 1. The summed E-state index contributed by atoms with van der Waals surface area (Å²) in [6.07, 6.45) is 0. The number of ether oxygens (including phenoxy) is 1. The summed E-state index contributed by atoms with van der Waals surface area (Å²) < 4.78 is 5.71. The highest BCUT2D eigenvalue weighted by Gasteiger charge is 2.12. The molecule has 0 saturated carbocycles. The summed E-state index contributed by atoms with van der Waals surface area (Å²) >= 11 is 1.52. The van der Waals surface area contributed by atoms with Crippen molar-refractivity contribution in [3.63, 3.8) is 0 Å². The van der Waals surface area contributed by atoms with E-state index in [1.165, 1.54) is 11.3 Å². The van der Waals surface area contributed by atoms with Crippen LogP contribution in [0.4, 0.5) is 0 Å². The van der Waals surface area contributed by atoms with Crippen LogP contribution in [0.2, 0.25) is 0 Å². The third-order valence-electron chi connectivity index (χ3n) is 3.59. The van der Waals surface area contributed by atoms with Crippen molar-refractivity contribution in [1.82, 2.24) is 0 Å². The summed E-state index contributed by atoms with van der Waals surface area (Å²) in [6.45, 7) is 4.98. The number of ketones is 1. The molecule has 2 aromatic carbocycles. The van der Waals surface area contributed by atoms with Gasteiger partial charge < -0.3 is 4.74 Å². The van der Waals surface area contributed by atoms with Crippen LogP contribution in [0.25, 0.3) is 10.4 Å². The fourth-order valence-corrected chi connectivity index (χ4v) is 3.30. The summed E-state index contributed by atoms with van der Waals surface area (Å²) in [5.41, 5.74) is 1.83. The van der Waals surface area contributed by atoms with Crippen LogP contribution in [0.5, 0.6) is 5.75 Å². The maximum absolute atomic E-state index is 12.5. The van der Waals surface area contributed by atoms with E-state index >= 15 is 0 Å². The highest BCUT2D eigenvalue weighted by atomic mass is 32.1. The SMILES string of the molecule is CC(C)COc1ccc(-c2ccc(C(=O)c3ccccc3)s2)cc1. The maximum atomic E-state index is 12.5. The molecule has 0 saturated heterocycles. The molecule has 122 valence electrons. The summed E-state index contributed by atoms with van der Waals surface area (Å²) in [5.74, 6) is 1.46. The molecule has 0 unspecified atom stereocenters. The second-order valence-corrected chi connectivity index (χ2v) is 7.17. The molecule has 1 aromatic heterocycles. The Kier molecular flexibility index (Phi) is 5.11. The van der Waals surface area contributed by atoms with Crippen molar-refractivity contribution >= 4 is 17.1 Å². The summed E-state index contributed by atoms with van der Waals surface area (Å²) in [5, 5.41) is 0. The Morgan fingerprint density at radius 3 is 2.33 bits per heavy atom. The van der Waals surface area contributed by atoms with E-state index in [0.717, 1.165) is 26.6 Å². The van der Waals surface area contributed by atoms with Gasteiger partial charge in [-0.15, -0.1) is 11.3 Å². The Morgan fingerprint density at radius 2 is 1.67 bits per heavy atom. The van der Waals surface area contributed by atoms with E-state index in [-0.39, 0.29) is 5.78 Å². The molecular formula is C21H20O2S. The zero-order chi connectivity index (χ0) is 16.9. The van der Waals surface area contributed by atoms with E-state index in [1.807, 2.05) is 66.7 Å². The minimum absolute atomic E-state index is 0.0729. The number of carbonyl (C=O) groups is 1. The molecule has 3 heteroatoms. The fraction of sp³-hybridized carbons (Fsp3) is 0.190. The lowest BCUT2D eigenvalue weighted by molar-refractivity contribution is 0.104. The first-order valence-corrected chi connectivity index (χ1v) is 8.88. The Morgan fingerprint density at radius 1 is 0.958 bits per heavy atom. The molecule has 3 rings (SSSR count). The highest BCUT2D eigenvalue weighted by Crippen LogP contribution is 2.30. The zero-order valence-corrected chi connectivity index (χ0v) is 14.7. The average molecular weight is 336 g/mol. The minimum atomic E-state index is 0.0729. The Hall–Kier alpha value is -2.39. The predicted octanol–water partition coefficient (Wildman–Crippen LogP) is 5.68. The molecular weight excluding hydrogens is 316 g/mol. The zero-order valence-electron chi connectivity index (χ0n) is 13.9. The van der Waals surface area contributed by atoms with Gasteiger partial charge in [0, 0.05) is 10.4 Å². The second-order valence-electron chi connectivity index (χ2n) is 6.09. The van der Waals surface area contributed by atoms with Gasteiger partial charge in [0.25, 0.3) is 0 Å². The largest absolute Gasteiger partial charge is 0.493 e. The van der Waals surface area contributed by atoms with Crippen LogP contribution in [0.1, 0.15) is 29.1 Å². The number of hydrogen-bond donors (Lipinski definition) is 0. The molecule has 0 atom stereocenters. The topological polar surface area (TPSA) is 26.3 Å². The molecule has 0 aliphatic rings. The van der Waals surface area contributed by atoms with Crippen LogP contribution in [0.15, 0.2) is 66.7 Å². The first-order chi connectivity index (χ1) is 11.6. The van der Waals surface area contributed by atoms with Crippen molar-refractivity contribution in [2.75, 3.05) is 6.61 Å². The third-order valence-corrected chi connectivity index (χ3v) is 4.72. The molecule has 0 aliphatic carbocycles. The molecule has 0 aliphatic heterocycles. The second kappa shape index (κ2) is 7.45. The molecule has 0 bridgehead atoms. The van der Waals surface area contributed by atoms with Gasteiger partial charge in [0.15, 0.2) is 0 Å². The van der Waals surface area contributed by atoms with Crippen molar-refractivity contribution < 1.29 is 9.53 Å². The molecule has 0 spiro atoms. The van der Waals surface area contributed by atoms with Crippen LogP contribution in [-0.4, -0.2) is 12.4 Å². The van der Waals surface area contributed by atoms with Crippen molar-refractivity contribution in [3.05, 3.63) is 77.2 Å². The lowest BCUT2D eigenvalue weighted by Crippen LogP contribution is -2.04. The van der Waals surface area contributed by atoms with Crippen molar-refractivity contribution in [3.8, 4) is 16.2 Å². The summed E-state index contributed by atoms with van der Waals surface area (Å²) in [4.78, 5) is 14.3. The lowest BCUT2D eigenvalue weighted by Gasteiger charge is -2.08. The molecule has 0 radical (unpaired) electrons. The first-order valence-electron chi connectivity index (χ1n) is 8.06. The number of hydrogen-bond acceptors (Lipinski definition) is 3. The average Bonchev–Trinajstić information content (AvgIpc) is 3.10. The monoisotopic (exact) mass is 336 g/mol. The van der Waals surface area contributed by atoms with E-state index in [9.17, 15) is 4.79 Å². The molecule has 3 aromatic rings. The van der Waals surface area contributed by atoms with E-state index in [0.29, 0.717) is 12.5 Å². The van der Waals surface area contributed by atoms with Gasteiger partial charge in [-0.2, -0.15) is 0 Å². The van der Waals surface area contributed by atoms with E-state index in [4.69, 9.17) is 4.74 Å². The van der Waals surface area contributed by atoms with Crippen LogP contribution >= 0.6 is 11.3 Å². The van der Waals surface area contributed by atoms with Gasteiger partial charge in [-0.25, -0.2) is 0 Å². The van der Waals surface area contributed by atoms with Crippen molar-refractivity contribution in [1.29, 1.82) is 0 Å². The molecule has 0 amide bonds. The van der Waals surface area contributed by atoms with Crippen LogP contribution in [0.3, 0.4) is 0 Å². The van der Waals surface area contributed by atoms with Gasteiger partial charge in [-0.3, -0.25) is 4.79 Å². The first kappa shape index (κ1) is 16.5. The predicted molar refractivity (Wildman–Crippen MR) is 100.0 cm³/mol. The smallest absolute Gasteiger partial charge is 0.202 e. The van der Waals surface area contributed by atoms with Crippen molar-refractivity contribution in [2.45, 2.75) is 13.8 Å². The van der Waals surface area contributed by atoms with Crippen LogP contribution in [-0.2, 0) is 0 Å². The molecule has 1 heterocycles. The van der Waals surface area contributed by atoms with E-state index < -0.39 is 0 Å². The molecule has 0 fully saturated rings. The van der Waals surface area contributed by atoms with Gasteiger partial charge in [0.2, 0.25) is 5.78 Å². The maximum Gasteiger partial charge on any atom is 0.202 e. The van der Waals surface area contributed by atoms with Crippen molar-refractivity contribution in [2.24, 2.45) is 5.92 Å². The third kappa shape index (κ3) is 3.92. The standard InChI is InChI=1S/C21H20O2S/c1-15(2)14-23-18-10-8-16(9-11-18)19-12-13-20(24-19)21(22)17-6-4-3-5-7-17/h3-13,15H,14H2,1-2H3. The van der Waals surface area contributed by atoms with Gasteiger partial charge >= 0.3 is 0 Å². The molecule has 24 heavy (non-hydrogen) atoms. The van der Waals surface area contributed by atoms with Gasteiger partial charge in [0.05, 0.1) is 11.5 Å². The summed E-state index contributed by atoms with van der Waals surface area (Å²) in [7, 11) is 0. The Labute approximate surface area is 146 Å². The number of benzene rings is 2. The quantitative estimate of drug-likeness (QED) is 0.541. The summed E-state index contributed by atoms with van der Waals surface area (Å²) in [6, 6.07) is 21.3. The Balaban J connectivity index is 1.74. The number of carbonyl (C=O) groups excluding carboxylic acids is 1. The highest BCUT2D eigenvalue weighted by molar-refractivity contribution is 7.17. The van der Waals surface area contributed by atoms with Gasteiger partial charge in [-0.05, 0) is 47.9 Å². The molecule has 2 nitrogen and oxygen atoms in total. The normalized spacial score (nSPS) is 10.8. The lowest BCUT2D eigenvalue weighted by atomic mass is 10.1. The van der Waals surface area contributed by atoms with Gasteiger partial charge in [-0.1, -0.05) is 44.2 Å². The fourth-order valence-electron chi connectivity index (χ4n) is 2.33. The van der Waals surface area contributed by atoms with E-state index in [2.05, 4.69) is 13.8 Å². The van der Waals surface area contributed by atoms with Gasteiger partial charge in [0.1, 0.15) is 5.75 Å². The van der Waals surface area contributed by atoms with Crippen LogP contribution < -0.4 is 4.74 Å². The van der Waals surface area contributed by atoms with E-state index in [1.54, 1.807) is 0 Å². The molecule has 0 N–H and O–H groups in total. The van der Waals surface area contributed by atoms with Crippen LogP contribution in [0, 0.1) is 5.92 Å².